The van der Waals surface area contributed by atoms with Crippen molar-refractivity contribution in [3.05, 3.63) is 23.8 Å². The monoisotopic (exact) mass is 405 g/mol. The van der Waals surface area contributed by atoms with E-state index in [-0.39, 0.29) is 6.61 Å². The Kier molecular flexibility index (Phi) is 8.18. The van der Waals surface area contributed by atoms with Crippen molar-refractivity contribution < 1.29 is 14.6 Å². The number of hydrogen-bond acceptors (Lipinski definition) is 6. The zero-order valence-corrected chi connectivity index (χ0v) is 18.6. The molecule has 3 rings (SSSR count). The standard InChI is InChI=1S/C23H39N3O3/c1-18(2)25-11-8-19(9-12-25)26-14-13-24(16-20(26)10-15-27)17-21-22(28-3)6-5-7-23(21)29-4/h5-7,18-20,27H,8-17H2,1-4H3/t20-/m0/s1. The number of aliphatic hydroxyl groups excluding tert-OH is 1. The van der Waals surface area contributed by atoms with Crippen LogP contribution in [0.3, 0.4) is 0 Å². The highest BCUT2D eigenvalue weighted by Crippen LogP contribution is 2.31. The fraction of sp³-hybridized carbons (Fsp3) is 0.739. The predicted molar refractivity (Wildman–Crippen MR) is 117 cm³/mol. The van der Waals surface area contributed by atoms with Crippen LogP contribution in [0, 0.1) is 0 Å². The predicted octanol–water partition coefficient (Wildman–Crippen LogP) is 2.45. The van der Waals surface area contributed by atoms with Gasteiger partial charge in [-0.2, -0.15) is 0 Å². The van der Waals surface area contributed by atoms with Crippen molar-refractivity contribution in [3.8, 4) is 11.5 Å². The maximum atomic E-state index is 9.70. The van der Waals surface area contributed by atoms with Gasteiger partial charge in [0.25, 0.3) is 0 Å². The molecule has 1 atom stereocenters. The first-order valence-corrected chi connectivity index (χ1v) is 11.1. The second-order valence-electron chi connectivity index (χ2n) is 8.64. The molecule has 164 valence electrons. The quantitative estimate of drug-likeness (QED) is 0.717. The van der Waals surface area contributed by atoms with E-state index in [0.29, 0.717) is 18.1 Å². The van der Waals surface area contributed by atoms with Gasteiger partial charge in [-0.3, -0.25) is 9.80 Å². The molecule has 0 aliphatic carbocycles. The molecular weight excluding hydrogens is 366 g/mol. The average molecular weight is 406 g/mol. The van der Waals surface area contributed by atoms with Crippen LogP contribution in [0.5, 0.6) is 11.5 Å². The number of piperazine rings is 1. The molecule has 0 bridgehead atoms. The summed E-state index contributed by atoms with van der Waals surface area (Å²) in [5.41, 5.74) is 1.11. The van der Waals surface area contributed by atoms with Crippen molar-refractivity contribution in [2.24, 2.45) is 0 Å². The minimum atomic E-state index is 0.248. The number of benzene rings is 1. The van der Waals surface area contributed by atoms with Crippen LogP contribution in [0.1, 0.15) is 38.7 Å². The van der Waals surface area contributed by atoms with E-state index in [0.717, 1.165) is 49.7 Å². The third-order valence-corrected chi connectivity index (χ3v) is 6.68. The van der Waals surface area contributed by atoms with Crippen LogP contribution in [0.25, 0.3) is 0 Å². The lowest BCUT2D eigenvalue weighted by molar-refractivity contribution is -0.000362. The highest BCUT2D eigenvalue weighted by molar-refractivity contribution is 5.44. The Bertz CT molecular complexity index is 610. The molecule has 0 amide bonds. The molecule has 2 saturated heterocycles. The Morgan fingerprint density at radius 2 is 1.69 bits per heavy atom. The third-order valence-electron chi connectivity index (χ3n) is 6.68. The summed E-state index contributed by atoms with van der Waals surface area (Å²) in [6.07, 6.45) is 3.31. The first-order valence-electron chi connectivity index (χ1n) is 11.1. The topological polar surface area (TPSA) is 48.4 Å². The Balaban J connectivity index is 1.65. The molecular formula is C23H39N3O3. The molecule has 1 aromatic rings. The van der Waals surface area contributed by atoms with Gasteiger partial charge in [-0.1, -0.05) is 6.07 Å². The summed E-state index contributed by atoms with van der Waals surface area (Å²) in [6, 6.07) is 7.66. The fourth-order valence-electron chi connectivity index (χ4n) is 5.01. The van der Waals surface area contributed by atoms with Gasteiger partial charge in [0.2, 0.25) is 0 Å². The van der Waals surface area contributed by atoms with Gasteiger partial charge in [-0.05, 0) is 58.3 Å². The van der Waals surface area contributed by atoms with Gasteiger partial charge in [0.15, 0.2) is 0 Å². The summed E-state index contributed by atoms with van der Waals surface area (Å²) >= 11 is 0. The number of hydrogen-bond donors (Lipinski definition) is 1. The second kappa shape index (κ2) is 10.6. The van der Waals surface area contributed by atoms with Crippen LogP contribution in [0.2, 0.25) is 0 Å². The van der Waals surface area contributed by atoms with Crippen LogP contribution in [0.15, 0.2) is 18.2 Å². The van der Waals surface area contributed by atoms with Crippen LogP contribution in [-0.4, -0.2) is 91.5 Å². The molecule has 6 nitrogen and oxygen atoms in total. The average Bonchev–Trinajstić information content (AvgIpc) is 2.74. The Morgan fingerprint density at radius 3 is 2.24 bits per heavy atom. The van der Waals surface area contributed by atoms with Gasteiger partial charge >= 0.3 is 0 Å². The first kappa shape index (κ1) is 22.3. The minimum Gasteiger partial charge on any atom is -0.496 e. The summed E-state index contributed by atoms with van der Waals surface area (Å²) in [7, 11) is 3.43. The van der Waals surface area contributed by atoms with Crippen LogP contribution < -0.4 is 9.47 Å². The highest BCUT2D eigenvalue weighted by atomic mass is 16.5. The lowest BCUT2D eigenvalue weighted by Gasteiger charge is -2.48. The van der Waals surface area contributed by atoms with Gasteiger partial charge in [-0.25, -0.2) is 0 Å². The molecule has 2 fully saturated rings. The zero-order chi connectivity index (χ0) is 20.8. The summed E-state index contributed by atoms with van der Waals surface area (Å²) < 4.78 is 11.2. The molecule has 1 aromatic carbocycles. The summed E-state index contributed by atoms with van der Waals surface area (Å²) in [4.78, 5) is 7.76. The summed E-state index contributed by atoms with van der Waals surface area (Å²) in [6.45, 7) is 11.1. The Morgan fingerprint density at radius 1 is 1.03 bits per heavy atom. The summed E-state index contributed by atoms with van der Waals surface area (Å²) in [5, 5.41) is 9.70. The molecule has 0 saturated carbocycles. The van der Waals surface area contributed by atoms with E-state index in [1.54, 1.807) is 14.2 Å². The van der Waals surface area contributed by atoms with Crippen molar-refractivity contribution in [1.29, 1.82) is 0 Å². The molecule has 0 aromatic heterocycles. The van der Waals surface area contributed by atoms with E-state index in [2.05, 4.69) is 28.5 Å². The van der Waals surface area contributed by atoms with E-state index in [4.69, 9.17) is 9.47 Å². The van der Waals surface area contributed by atoms with Crippen molar-refractivity contribution in [1.82, 2.24) is 14.7 Å². The first-order chi connectivity index (χ1) is 14.1. The summed E-state index contributed by atoms with van der Waals surface area (Å²) in [5.74, 6) is 1.76. The molecule has 2 heterocycles. The molecule has 0 spiro atoms. The lowest BCUT2D eigenvalue weighted by atomic mass is 9.97. The normalized spacial score (nSPS) is 22.9. The minimum absolute atomic E-state index is 0.248. The number of rotatable bonds is 8. The highest BCUT2D eigenvalue weighted by Gasteiger charge is 2.34. The van der Waals surface area contributed by atoms with Crippen molar-refractivity contribution in [2.45, 2.75) is 57.8 Å². The van der Waals surface area contributed by atoms with Crippen molar-refractivity contribution in [3.63, 3.8) is 0 Å². The van der Waals surface area contributed by atoms with E-state index in [1.807, 2.05) is 18.2 Å². The van der Waals surface area contributed by atoms with Crippen LogP contribution >= 0.6 is 0 Å². The number of nitrogens with zero attached hydrogens (tertiary/aromatic N) is 3. The number of likely N-dealkylation sites (tertiary alicyclic amines) is 1. The smallest absolute Gasteiger partial charge is 0.127 e. The number of ether oxygens (including phenoxy) is 2. The number of piperidine rings is 1. The molecule has 6 heteroatoms. The molecule has 2 aliphatic heterocycles. The van der Waals surface area contributed by atoms with Gasteiger partial charge in [-0.15, -0.1) is 0 Å². The van der Waals surface area contributed by atoms with Gasteiger partial charge in [0.1, 0.15) is 11.5 Å². The van der Waals surface area contributed by atoms with E-state index < -0.39 is 0 Å². The maximum Gasteiger partial charge on any atom is 0.127 e. The molecule has 1 N–H and O–H groups in total. The van der Waals surface area contributed by atoms with Gasteiger partial charge in [0.05, 0.1) is 19.8 Å². The number of methoxy groups -OCH3 is 2. The SMILES string of the molecule is COc1cccc(OC)c1CN1CCN(C2CCN(C(C)C)CC2)[C@@H](CCO)C1. The van der Waals surface area contributed by atoms with Crippen molar-refractivity contribution in [2.75, 3.05) is 53.6 Å². The third kappa shape index (κ3) is 5.43. The van der Waals surface area contributed by atoms with E-state index >= 15 is 0 Å². The largest absolute Gasteiger partial charge is 0.496 e. The second-order valence-corrected chi connectivity index (χ2v) is 8.64. The molecule has 2 aliphatic rings. The van der Waals surface area contributed by atoms with Crippen LogP contribution in [0.4, 0.5) is 0 Å². The Labute approximate surface area is 176 Å². The van der Waals surface area contributed by atoms with E-state index in [9.17, 15) is 5.11 Å². The molecule has 29 heavy (non-hydrogen) atoms. The van der Waals surface area contributed by atoms with E-state index in [1.165, 1.54) is 25.9 Å². The van der Waals surface area contributed by atoms with Crippen molar-refractivity contribution >= 4 is 0 Å². The number of aliphatic hydroxyl groups is 1. The maximum absolute atomic E-state index is 9.70. The Hall–Kier alpha value is -1.34. The molecule has 0 radical (unpaired) electrons. The fourth-order valence-corrected chi connectivity index (χ4v) is 5.01. The molecule has 0 unspecified atom stereocenters. The van der Waals surface area contributed by atoms with Gasteiger partial charge in [0, 0.05) is 50.9 Å². The zero-order valence-electron chi connectivity index (χ0n) is 18.6. The lowest BCUT2D eigenvalue weighted by Crippen LogP contribution is -2.58. The van der Waals surface area contributed by atoms with Gasteiger partial charge < -0.3 is 19.5 Å². The van der Waals surface area contributed by atoms with Crippen LogP contribution in [-0.2, 0) is 6.54 Å².